The van der Waals surface area contributed by atoms with Gasteiger partial charge in [-0.15, -0.1) is 0 Å². The summed E-state index contributed by atoms with van der Waals surface area (Å²) < 4.78 is 61.3. The summed E-state index contributed by atoms with van der Waals surface area (Å²) in [5, 5.41) is 63.3. The van der Waals surface area contributed by atoms with Crippen LogP contribution in [-0.2, 0) is 76.0 Å². The van der Waals surface area contributed by atoms with Gasteiger partial charge in [0.05, 0.1) is 34.4 Å². The van der Waals surface area contributed by atoms with Gasteiger partial charge in [0.15, 0.2) is 16.9 Å². The highest BCUT2D eigenvalue weighted by Crippen LogP contribution is 2.72. The van der Waals surface area contributed by atoms with Gasteiger partial charge in [0.25, 0.3) is 27.8 Å². The number of benzene rings is 3. The first kappa shape index (κ1) is 68.2. The van der Waals surface area contributed by atoms with Crippen molar-refractivity contribution in [1.29, 1.82) is 0 Å². The zero-order valence-corrected chi connectivity index (χ0v) is 55.1. The molecule has 1 saturated heterocycles. The van der Waals surface area contributed by atoms with Crippen LogP contribution in [0.4, 0.5) is 15.7 Å². The standard InChI is InChI=1S/C67H75N9O19S2/c1-38-44(42-15-16-49(71-53(42)59(84)85)74-21-19-40-9-6-10-43(45(40)28-74)58(83)72-62-70-46-11-4-5-12-48(46)96-62)27-69-76(38)37-66-32-64(2)31-65(3,33-66)35-67(34-64,36-66)93-24-22-73(23-25-97(89,90)91)63(88)92-30-41-14-13-39(8-7-20-68-50(77)29-75-51(78)17-18-52(75)79)26-47(41)94-61-56(82)54(80)55(81)57(95-61)60(86)87/h4-6,9-18,26-27,54-57,61,80-82H,7-8,19-25,28-37H2,1-3H3,(H,68,77)(H,84,85)(H,86,87)(H,70,72,83)(H,89,90,91)/t54-,55-,56+,57?,61+,64?,65?,66?,67?/m0/s1. The van der Waals surface area contributed by atoms with Crippen molar-refractivity contribution < 1.29 is 91.0 Å². The highest BCUT2D eigenvalue weighted by Gasteiger charge is 2.66. The molecule has 7 atom stereocenters. The molecule has 3 aromatic heterocycles. The number of carboxylic acids is 2. The number of aromatic nitrogens is 4. The van der Waals surface area contributed by atoms with Crippen LogP contribution in [0.25, 0.3) is 21.3 Å². The lowest BCUT2D eigenvalue weighted by Gasteiger charge is -2.69. The molecule has 514 valence electrons. The number of nitrogens with one attached hydrogen (secondary N) is 2. The van der Waals surface area contributed by atoms with E-state index in [2.05, 4.69) is 29.5 Å². The van der Waals surface area contributed by atoms with Crippen LogP contribution in [0.2, 0.25) is 0 Å². The summed E-state index contributed by atoms with van der Waals surface area (Å²) in [4.78, 5) is 103. The fourth-order valence-corrected chi connectivity index (χ4v) is 17.4. The molecular weight excluding hydrogens is 1300 g/mol. The predicted octanol–water partition coefficient (Wildman–Crippen LogP) is 5.28. The van der Waals surface area contributed by atoms with Gasteiger partial charge in [0.2, 0.25) is 12.2 Å². The Morgan fingerprint density at radius 1 is 0.856 bits per heavy atom. The third-order valence-electron chi connectivity index (χ3n) is 19.3. The topological polar surface area (TPSA) is 389 Å². The third-order valence-corrected chi connectivity index (χ3v) is 21.0. The van der Waals surface area contributed by atoms with E-state index >= 15 is 0 Å². The van der Waals surface area contributed by atoms with E-state index in [1.165, 1.54) is 23.5 Å². The second kappa shape index (κ2) is 26.9. The Bertz CT molecular complexity index is 4200. The number of fused-ring (bicyclic) bond motifs is 2. The summed E-state index contributed by atoms with van der Waals surface area (Å²) in [7, 11) is -4.61. The molecular formula is C67H75N9O19S2. The van der Waals surface area contributed by atoms with Gasteiger partial charge < -0.3 is 59.6 Å². The number of amides is 5. The smallest absolute Gasteiger partial charge is 0.410 e. The van der Waals surface area contributed by atoms with Gasteiger partial charge in [0, 0.05) is 79.4 Å². The van der Waals surface area contributed by atoms with Crippen molar-refractivity contribution in [1.82, 2.24) is 34.9 Å². The number of hydrogen-bond acceptors (Lipinski definition) is 21. The van der Waals surface area contributed by atoms with E-state index in [9.17, 15) is 72.1 Å². The zero-order valence-electron chi connectivity index (χ0n) is 53.4. The molecule has 6 aromatic rings. The highest BCUT2D eigenvalue weighted by molar-refractivity contribution is 7.85. The minimum absolute atomic E-state index is 0.0642. The van der Waals surface area contributed by atoms with Crippen LogP contribution < -0.4 is 20.3 Å². The number of thiazole rings is 1. The molecule has 4 bridgehead atoms. The van der Waals surface area contributed by atoms with Crippen LogP contribution in [0.15, 0.2) is 91.1 Å². The van der Waals surface area contributed by atoms with Crippen molar-refractivity contribution in [3.05, 3.63) is 130 Å². The van der Waals surface area contributed by atoms with Crippen molar-refractivity contribution in [2.24, 2.45) is 16.2 Å². The summed E-state index contributed by atoms with van der Waals surface area (Å²) in [6.45, 7) is 6.09. The van der Waals surface area contributed by atoms with Crippen molar-refractivity contribution in [3.63, 3.8) is 0 Å². The number of aryl methyl sites for hydroxylation is 1. The second-order valence-corrected chi connectivity index (χ2v) is 29.7. The lowest BCUT2D eigenvalue weighted by Crippen LogP contribution is -2.64. The molecule has 4 saturated carbocycles. The quantitative estimate of drug-likeness (QED) is 0.0205. The van der Waals surface area contributed by atoms with Gasteiger partial charge in [-0.05, 0) is 134 Å². The molecule has 28 nitrogen and oxygen atoms in total. The largest absolute Gasteiger partial charge is 0.479 e. The van der Waals surface area contributed by atoms with Gasteiger partial charge in [-0.1, -0.05) is 61.6 Å². The van der Waals surface area contributed by atoms with Crippen LogP contribution in [0, 0.1) is 23.2 Å². The number of carboxylic acid groups (broad SMARTS) is 2. The summed E-state index contributed by atoms with van der Waals surface area (Å²) in [5.74, 6) is -5.51. The Kier molecular flexibility index (Phi) is 18.9. The average molecular weight is 1370 g/mol. The summed E-state index contributed by atoms with van der Waals surface area (Å²) in [5.41, 5.74) is 4.03. The second-order valence-electron chi connectivity index (χ2n) is 27.1. The maximum absolute atomic E-state index is 14.2. The van der Waals surface area contributed by atoms with Crippen molar-refractivity contribution in [2.75, 3.05) is 55.3 Å². The molecule has 5 fully saturated rings. The molecule has 13 rings (SSSR count). The number of anilines is 2. The highest BCUT2D eigenvalue weighted by atomic mass is 32.2. The van der Waals surface area contributed by atoms with E-state index in [1.54, 1.807) is 30.5 Å². The monoisotopic (exact) mass is 1370 g/mol. The number of carbonyl (C=O) groups excluding carboxylic acids is 5. The van der Waals surface area contributed by atoms with E-state index in [4.69, 9.17) is 29.0 Å². The third kappa shape index (κ3) is 14.8. The number of hydrogen-bond donors (Lipinski definition) is 8. The van der Waals surface area contributed by atoms with Crippen LogP contribution in [0.3, 0.4) is 0 Å². The van der Waals surface area contributed by atoms with Crippen LogP contribution in [0.1, 0.15) is 108 Å². The number of imide groups is 1. The lowest BCUT2D eigenvalue weighted by atomic mass is 9.39. The summed E-state index contributed by atoms with van der Waals surface area (Å²) in [6, 6.07) is 21.4. The molecule has 7 aliphatic rings. The number of aliphatic carboxylic acids is 1. The number of aliphatic hydroxyl groups excluding tert-OH is 3. The Hall–Kier alpha value is -8.75. The fraction of sp³-hybridized carbons (Fsp3) is 0.463. The average Bonchev–Trinajstić information content (AvgIpc) is 1.56. The maximum atomic E-state index is 14.2. The van der Waals surface area contributed by atoms with Gasteiger partial charge >= 0.3 is 18.0 Å². The SMILES string of the molecule is Cc1c(-c2ccc(N3CCc4cccc(C(=O)Nc5nc6ccccc6s5)c4C3)nc2C(=O)O)cnn1CC12CC3(C)CC(C)(C1)CC(OCCN(CCS(=O)(=O)O)C(=O)OCc1ccc(CCCNC(=O)CN4C(=O)C=CC4=O)cc1O[C@@H]1OC(C(=O)O)[C@@H](O)[C@H](O)[C@H]1O)(C3)C2. The van der Waals surface area contributed by atoms with Gasteiger partial charge in [-0.3, -0.25) is 38.6 Å². The molecule has 4 aliphatic carbocycles. The number of ether oxygens (including phenoxy) is 4. The number of pyridine rings is 1. The maximum Gasteiger partial charge on any atom is 0.410 e. The molecule has 0 spiro atoms. The number of nitrogens with zero attached hydrogens (tertiary/aromatic N) is 7. The first-order valence-corrected chi connectivity index (χ1v) is 34.3. The Balaban J connectivity index is 0.716. The van der Waals surface area contributed by atoms with E-state index in [0.717, 1.165) is 68.3 Å². The Labute approximate surface area is 560 Å². The molecule has 3 aromatic carbocycles. The zero-order chi connectivity index (χ0) is 68.9. The number of aromatic carboxylic acids is 1. The minimum atomic E-state index is -4.61. The van der Waals surface area contributed by atoms with Gasteiger partial charge in [-0.25, -0.2) is 24.4 Å². The van der Waals surface area contributed by atoms with E-state index < -0.39 is 108 Å². The molecule has 5 amide bonds. The Morgan fingerprint density at radius 3 is 2.33 bits per heavy atom. The van der Waals surface area contributed by atoms with Crippen molar-refractivity contribution >= 4 is 84.3 Å². The molecule has 3 unspecified atom stereocenters. The van der Waals surface area contributed by atoms with Crippen LogP contribution in [0.5, 0.6) is 5.75 Å². The number of para-hydroxylation sites is 1. The van der Waals surface area contributed by atoms with E-state index in [-0.39, 0.29) is 65.3 Å². The van der Waals surface area contributed by atoms with Crippen molar-refractivity contribution in [3.8, 4) is 16.9 Å². The molecule has 30 heteroatoms. The molecule has 97 heavy (non-hydrogen) atoms. The molecule has 0 radical (unpaired) electrons. The molecule has 3 aliphatic heterocycles. The number of carbonyl (C=O) groups is 7. The fourth-order valence-electron chi connectivity index (χ4n) is 16.1. The number of aliphatic hydroxyl groups is 3. The van der Waals surface area contributed by atoms with Crippen LogP contribution in [-0.4, -0.2) is 191 Å². The Morgan fingerprint density at radius 2 is 1.61 bits per heavy atom. The minimum Gasteiger partial charge on any atom is -0.479 e. The van der Waals surface area contributed by atoms with Crippen molar-refractivity contribution in [2.45, 2.75) is 135 Å². The number of rotatable bonds is 25. The molecule has 8 N–H and O–H groups in total. The van der Waals surface area contributed by atoms with Crippen LogP contribution >= 0.6 is 11.3 Å². The van der Waals surface area contributed by atoms with Gasteiger partial charge in [0.1, 0.15) is 43.0 Å². The van der Waals surface area contributed by atoms with E-state index in [0.29, 0.717) is 84.9 Å². The lowest BCUT2D eigenvalue weighted by molar-refractivity contribution is -0.271. The first-order chi connectivity index (χ1) is 46.1. The van der Waals surface area contributed by atoms with Gasteiger partial charge in [-0.2, -0.15) is 13.5 Å². The predicted molar refractivity (Wildman–Crippen MR) is 348 cm³/mol. The molecule has 6 heterocycles. The van der Waals surface area contributed by atoms with E-state index in [1.807, 2.05) is 52.9 Å². The normalized spacial score (nSPS) is 25.7. The first-order valence-electron chi connectivity index (χ1n) is 31.9. The summed E-state index contributed by atoms with van der Waals surface area (Å²) in [6.07, 6.45) is -1.28. The summed E-state index contributed by atoms with van der Waals surface area (Å²) >= 11 is 1.39.